The minimum atomic E-state index is 0.429. The first-order valence-electron chi connectivity index (χ1n) is 5.73. The fourth-order valence-corrected chi connectivity index (χ4v) is 1.36. The first kappa shape index (κ1) is 12.3. The fourth-order valence-electron chi connectivity index (χ4n) is 1.36. The number of aromatic nitrogens is 1. The fraction of sp³-hybridized carbons (Fsp3) is 0.429. The summed E-state index contributed by atoms with van der Waals surface area (Å²) in [7, 11) is 0. The molecule has 0 aliphatic rings. The van der Waals surface area contributed by atoms with Crippen molar-refractivity contribution >= 4 is 0 Å². The molecule has 1 rings (SSSR count). The van der Waals surface area contributed by atoms with Crippen molar-refractivity contribution in [2.45, 2.75) is 39.0 Å². The molecular formula is C14H16N2. The van der Waals surface area contributed by atoms with Crippen LogP contribution in [0.5, 0.6) is 0 Å². The van der Waals surface area contributed by atoms with E-state index >= 15 is 0 Å². The molecule has 2 heteroatoms. The van der Waals surface area contributed by atoms with Crippen LogP contribution in [-0.2, 0) is 0 Å². The molecule has 1 aromatic heterocycles. The second-order valence-electron chi connectivity index (χ2n) is 3.63. The van der Waals surface area contributed by atoms with E-state index in [9.17, 15) is 0 Å². The van der Waals surface area contributed by atoms with Gasteiger partial charge in [-0.1, -0.05) is 38.2 Å². The standard InChI is InChI=1S/C14H16N2/c1-2-3-4-5-6-7-9-13-10-8-11-14(12-15)16-13/h8,10-11H,2-6H2,1H3. The molecule has 0 bridgehead atoms. The third kappa shape index (κ3) is 4.62. The lowest BCUT2D eigenvalue weighted by molar-refractivity contribution is 0.679. The zero-order chi connectivity index (χ0) is 11.6. The average molecular weight is 212 g/mol. The summed E-state index contributed by atoms with van der Waals surface area (Å²) >= 11 is 0. The highest BCUT2D eigenvalue weighted by atomic mass is 14.7. The monoisotopic (exact) mass is 212 g/mol. The summed E-state index contributed by atoms with van der Waals surface area (Å²) in [4.78, 5) is 4.09. The zero-order valence-corrected chi connectivity index (χ0v) is 9.66. The van der Waals surface area contributed by atoms with Crippen LogP contribution >= 0.6 is 0 Å². The van der Waals surface area contributed by atoms with Crippen LogP contribution in [0.25, 0.3) is 0 Å². The second-order valence-corrected chi connectivity index (χ2v) is 3.63. The number of pyridine rings is 1. The maximum atomic E-state index is 8.67. The van der Waals surface area contributed by atoms with Gasteiger partial charge in [0.2, 0.25) is 0 Å². The summed E-state index contributed by atoms with van der Waals surface area (Å²) in [5, 5.41) is 8.67. The van der Waals surface area contributed by atoms with E-state index in [4.69, 9.17) is 5.26 Å². The highest BCUT2D eigenvalue weighted by Gasteiger charge is 1.91. The van der Waals surface area contributed by atoms with Crippen molar-refractivity contribution in [1.29, 1.82) is 5.26 Å². The van der Waals surface area contributed by atoms with E-state index in [0.29, 0.717) is 11.4 Å². The first-order valence-corrected chi connectivity index (χ1v) is 5.73. The molecule has 0 amide bonds. The van der Waals surface area contributed by atoms with Gasteiger partial charge in [-0.3, -0.25) is 0 Å². The Balaban J connectivity index is 2.41. The molecule has 0 saturated carbocycles. The molecule has 0 aliphatic carbocycles. The molecule has 0 aliphatic heterocycles. The van der Waals surface area contributed by atoms with Crippen molar-refractivity contribution in [2.75, 3.05) is 0 Å². The largest absolute Gasteiger partial charge is 0.229 e. The summed E-state index contributed by atoms with van der Waals surface area (Å²) in [5.74, 6) is 6.07. The van der Waals surface area contributed by atoms with Gasteiger partial charge < -0.3 is 0 Å². The molecule has 0 spiro atoms. The van der Waals surface area contributed by atoms with E-state index in [2.05, 4.69) is 23.7 Å². The minimum Gasteiger partial charge on any atom is -0.229 e. The number of unbranched alkanes of at least 4 members (excludes halogenated alkanes) is 4. The van der Waals surface area contributed by atoms with Crippen LogP contribution in [0, 0.1) is 23.2 Å². The summed E-state index contributed by atoms with van der Waals surface area (Å²) in [6, 6.07) is 7.34. The molecule has 0 N–H and O–H groups in total. The van der Waals surface area contributed by atoms with Crippen LogP contribution in [0.3, 0.4) is 0 Å². The average Bonchev–Trinajstić information content (AvgIpc) is 2.34. The Hall–Kier alpha value is -1.80. The van der Waals surface area contributed by atoms with E-state index < -0.39 is 0 Å². The topological polar surface area (TPSA) is 36.7 Å². The Morgan fingerprint density at radius 2 is 2.00 bits per heavy atom. The van der Waals surface area contributed by atoms with Gasteiger partial charge in [-0.25, -0.2) is 4.98 Å². The molecule has 0 unspecified atom stereocenters. The molecule has 82 valence electrons. The maximum absolute atomic E-state index is 8.67. The molecule has 0 saturated heterocycles. The quantitative estimate of drug-likeness (QED) is 0.567. The van der Waals surface area contributed by atoms with Gasteiger partial charge in [0.1, 0.15) is 17.5 Å². The van der Waals surface area contributed by atoms with Gasteiger partial charge in [0.25, 0.3) is 0 Å². The molecular weight excluding hydrogens is 196 g/mol. The summed E-state index contributed by atoms with van der Waals surface area (Å²) in [6.07, 6.45) is 5.84. The van der Waals surface area contributed by atoms with E-state index in [0.717, 1.165) is 12.8 Å². The first-order chi connectivity index (χ1) is 7.86. The maximum Gasteiger partial charge on any atom is 0.141 e. The number of nitriles is 1. The molecule has 0 fully saturated rings. The molecule has 0 atom stereocenters. The van der Waals surface area contributed by atoms with Gasteiger partial charge >= 0.3 is 0 Å². The lowest BCUT2D eigenvalue weighted by Crippen LogP contribution is -1.85. The van der Waals surface area contributed by atoms with Crippen LogP contribution in [0.1, 0.15) is 50.4 Å². The van der Waals surface area contributed by atoms with Crippen molar-refractivity contribution in [2.24, 2.45) is 0 Å². The third-order valence-corrected chi connectivity index (χ3v) is 2.24. The van der Waals surface area contributed by atoms with Crippen molar-refractivity contribution < 1.29 is 0 Å². The Morgan fingerprint density at radius 1 is 1.19 bits per heavy atom. The van der Waals surface area contributed by atoms with Crippen LogP contribution < -0.4 is 0 Å². The van der Waals surface area contributed by atoms with Gasteiger partial charge in [0, 0.05) is 6.42 Å². The Labute approximate surface area is 97.3 Å². The van der Waals surface area contributed by atoms with Crippen LogP contribution in [-0.4, -0.2) is 4.98 Å². The van der Waals surface area contributed by atoms with Crippen LogP contribution in [0.15, 0.2) is 18.2 Å². The molecule has 0 radical (unpaired) electrons. The van der Waals surface area contributed by atoms with E-state index in [1.54, 1.807) is 6.07 Å². The van der Waals surface area contributed by atoms with Crippen molar-refractivity contribution in [3.8, 4) is 17.9 Å². The Bertz CT molecular complexity index is 418. The lowest BCUT2D eigenvalue weighted by Gasteiger charge is -1.92. The van der Waals surface area contributed by atoms with Gasteiger partial charge in [0.05, 0.1) is 0 Å². The van der Waals surface area contributed by atoms with Crippen molar-refractivity contribution in [3.05, 3.63) is 29.6 Å². The number of rotatable bonds is 4. The number of hydrogen-bond acceptors (Lipinski definition) is 2. The highest BCUT2D eigenvalue weighted by molar-refractivity contribution is 5.31. The smallest absolute Gasteiger partial charge is 0.141 e. The molecule has 16 heavy (non-hydrogen) atoms. The normalized spacial score (nSPS) is 9.00. The van der Waals surface area contributed by atoms with Crippen LogP contribution in [0.2, 0.25) is 0 Å². The SMILES string of the molecule is CCCCCCC#Cc1cccc(C#N)n1. The highest BCUT2D eigenvalue weighted by Crippen LogP contribution is 2.01. The number of nitrogens with zero attached hydrogens (tertiary/aromatic N) is 2. The second kappa shape index (κ2) is 7.49. The number of hydrogen-bond donors (Lipinski definition) is 0. The Kier molecular flexibility index (Phi) is 5.74. The van der Waals surface area contributed by atoms with E-state index in [-0.39, 0.29) is 0 Å². The summed E-state index contributed by atoms with van der Waals surface area (Å²) in [6.45, 7) is 2.20. The predicted molar refractivity (Wildman–Crippen MR) is 64.6 cm³/mol. The van der Waals surface area contributed by atoms with E-state index in [1.165, 1.54) is 19.3 Å². The lowest BCUT2D eigenvalue weighted by atomic mass is 10.1. The van der Waals surface area contributed by atoms with Gasteiger partial charge in [-0.2, -0.15) is 5.26 Å². The third-order valence-electron chi connectivity index (χ3n) is 2.24. The van der Waals surface area contributed by atoms with Gasteiger partial charge in [-0.15, -0.1) is 0 Å². The molecule has 1 heterocycles. The Morgan fingerprint density at radius 3 is 2.75 bits per heavy atom. The van der Waals surface area contributed by atoms with Gasteiger partial charge in [0.15, 0.2) is 0 Å². The van der Waals surface area contributed by atoms with Crippen molar-refractivity contribution in [1.82, 2.24) is 4.98 Å². The summed E-state index contributed by atoms with van der Waals surface area (Å²) < 4.78 is 0. The van der Waals surface area contributed by atoms with E-state index in [1.807, 2.05) is 18.2 Å². The van der Waals surface area contributed by atoms with Crippen molar-refractivity contribution in [3.63, 3.8) is 0 Å². The zero-order valence-electron chi connectivity index (χ0n) is 9.66. The molecule has 1 aromatic rings. The molecule has 0 aromatic carbocycles. The molecule has 2 nitrogen and oxygen atoms in total. The van der Waals surface area contributed by atoms with Crippen LogP contribution in [0.4, 0.5) is 0 Å². The minimum absolute atomic E-state index is 0.429. The van der Waals surface area contributed by atoms with Gasteiger partial charge in [-0.05, 0) is 24.5 Å². The predicted octanol–water partition coefficient (Wildman–Crippen LogP) is 3.28. The summed E-state index contributed by atoms with van der Waals surface area (Å²) in [5.41, 5.74) is 1.12.